The molecule has 0 aromatic carbocycles. The molecule has 2 aromatic rings. The quantitative estimate of drug-likeness (QED) is 0.744. The standard InChI is InChI=1S/C25H34N6/c1-4-22(14-26-9-1)16-29-12-2-7-24(8-13-29)19-31(23-27-10-3-11-28-23)20-25(24)17-30(18-25)15-21-5-6-21/h1,3-4,9-11,14,21H,2,5-8,12-13,15-20H2/t24-/m0/s1. The van der Waals surface area contributed by atoms with Crippen molar-refractivity contribution in [2.45, 2.75) is 38.6 Å². The Hall–Kier alpha value is -2.05. The molecule has 2 spiro atoms. The molecule has 6 nitrogen and oxygen atoms in total. The maximum absolute atomic E-state index is 4.62. The third kappa shape index (κ3) is 3.74. The van der Waals surface area contributed by atoms with E-state index < -0.39 is 0 Å². The normalized spacial score (nSPS) is 28.7. The van der Waals surface area contributed by atoms with Crippen LogP contribution in [0.15, 0.2) is 43.0 Å². The van der Waals surface area contributed by atoms with Gasteiger partial charge in [-0.1, -0.05) is 6.07 Å². The Bertz CT molecular complexity index is 879. The van der Waals surface area contributed by atoms with Crippen LogP contribution in [-0.2, 0) is 6.54 Å². The summed E-state index contributed by atoms with van der Waals surface area (Å²) in [5, 5.41) is 0. The first kappa shape index (κ1) is 19.6. The highest BCUT2D eigenvalue weighted by Gasteiger charge is 2.63. The van der Waals surface area contributed by atoms with E-state index in [1.54, 1.807) is 0 Å². The highest BCUT2D eigenvalue weighted by Crippen LogP contribution is 2.58. The zero-order chi connectivity index (χ0) is 20.7. The van der Waals surface area contributed by atoms with Crippen molar-refractivity contribution in [1.29, 1.82) is 0 Å². The van der Waals surface area contributed by atoms with Crippen LogP contribution in [-0.4, -0.2) is 70.6 Å². The van der Waals surface area contributed by atoms with E-state index in [0.29, 0.717) is 10.8 Å². The predicted octanol–water partition coefficient (Wildman–Crippen LogP) is 3.08. The van der Waals surface area contributed by atoms with E-state index in [0.717, 1.165) is 31.5 Å². The van der Waals surface area contributed by atoms with Gasteiger partial charge >= 0.3 is 0 Å². The Balaban J connectivity index is 1.21. The number of pyridine rings is 1. The minimum atomic E-state index is 0.385. The van der Waals surface area contributed by atoms with Gasteiger partial charge in [-0.05, 0) is 74.2 Å². The minimum Gasteiger partial charge on any atom is -0.340 e. The lowest BCUT2D eigenvalue weighted by molar-refractivity contribution is -0.0778. The molecule has 0 N–H and O–H groups in total. The van der Waals surface area contributed by atoms with Crippen molar-refractivity contribution < 1.29 is 0 Å². The molecule has 3 aliphatic heterocycles. The first-order chi connectivity index (χ1) is 15.2. The van der Waals surface area contributed by atoms with E-state index in [-0.39, 0.29) is 0 Å². The second-order valence-electron chi connectivity index (χ2n) is 10.6. The van der Waals surface area contributed by atoms with Crippen molar-refractivity contribution >= 4 is 5.95 Å². The summed E-state index contributed by atoms with van der Waals surface area (Å²) in [5.41, 5.74) is 2.12. The highest BCUT2D eigenvalue weighted by atomic mass is 15.3. The van der Waals surface area contributed by atoms with Crippen molar-refractivity contribution in [2.75, 3.05) is 50.7 Å². The summed E-state index contributed by atoms with van der Waals surface area (Å²) >= 11 is 0. The van der Waals surface area contributed by atoms with Crippen LogP contribution in [0.25, 0.3) is 0 Å². The molecule has 3 saturated heterocycles. The van der Waals surface area contributed by atoms with Gasteiger partial charge in [0.2, 0.25) is 5.95 Å². The Kier molecular flexibility index (Phi) is 4.95. The molecular weight excluding hydrogens is 384 g/mol. The third-order valence-electron chi connectivity index (χ3n) is 8.38. The van der Waals surface area contributed by atoms with Crippen LogP contribution in [0.5, 0.6) is 0 Å². The summed E-state index contributed by atoms with van der Waals surface area (Å²) in [7, 11) is 0. The molecule has 4 aliphatic rings. The molecule has 1 atom stereocenters. The van der Waals surface area contributed by atoms with Gasteiger partial charge in [-0.2, -0.15) is 0 Å². The lowest BCUT2D eigenvalue weighted by atomic mass is 9.58. The van der Waals surface area contributed by atoms with Crippen LogP contribution in [0.3, 0.4) is 0 Å². The van der Waals surface area contributed by atoms with Crippen LogP contribution in [0.2, 0.25) is 0 Å². The summed E-state index contributed by atoms with van der Waals surface area (Å²) < 4.78 is 0. The van der Waals surface area contributed by atoms with Crippen molar-refractivity contribution in [3.05, 3.63) is 48.5 Å². The summed E-state index contributed by atoms with van der Waals surface area (Å²) in [6.45, 7) is 9.52. The predicted molar refractivity (Wildman–Crippen MR) is 122 cm³/mol. The SMILES string of the molecule is c1cnc(N2CC3(CN(CC4CC4)C3)[C@]3(CCCN(Cc4cccnc4)CC3)C2)nc1. The van der Waals surface area contributed by atoms with Gasteiger partial charge in [0.05, 0.1) is 0 Å². The maximum Gasteiger partial charge on any atom is 0.225 e. The average Bonchev–Trinajstić information content (AvgIpc) is 3.56. The maximum atomic E-state index is 4.62. The topological polar surface area (TPSA) is 48.4 Å². The number of hydrogen-bond acceptors (Lipinski definition) is 6. The van der Waals surface area contributed by atoms with Crippen molar-refractivity contribution in [3.63, 3.8) is 0 Å². The zero-order valence-corrected chi connectivity index (χ0v) is 18.5. The first-order valence-corrected chi connectivity index (χ1v) is 12.1. The smallest absolute Gasteiger partial charge is 0.225 e. The molecule has 2 aromatic heterocycles. The lowest BCUT2D eigenvalue weighted by Crippen LogP contribution is -2.64. The van der Waals surface area contributed by atoms with Gasteiger partial charge in [-0.15, -0.1) is 0 Å². The molecule has 0 amide bonds. The largest absolute Gasteiger partial charge is 0.340 e. The molecule has 0 unspecified atom stereocenters. The van der Waals surface area contributed by atoms with Gasteiger partial charge in [0, 0.05) is 69.5 Å². The van der Waals surface area contributed by atoms with E-state index in [1.165, 1.54) is 70.4 Å². The van der Waals surface area contributed by atoms with Crippen LogP contribution in [0.4, 0.5) is 5.95 Å². The summed E-state index contributed by atoms with van der Waals surface area (Å²) in [4.78, 5) is 21.5. The fourth-order valence-corrected chi connectivity index (χ4v) is 6.60. The Labute approximate surface area is 185 Å². The van der Waals surface area contributed by atoms with Gasteiger partial charge < -0.3 is 9.80 Å². The van der Waals surface area contributed by atoms with Gasteiger partial charge in [-0.3, -0.25) is 9.88 Å². The van der Waals surface area contributed by atoms with Crippen molar-refractivity contribution in [1.82, 2.24) is 24.8 Å². The Morgan fingerprint density at radius 2 is 1.71 bits per heavy atom. The second kappa shape index (κ2) is 7.82. The number of nitrogens with zero attached hydrogens (tertiary/aromatic N) is 6. The molecule has 0 radical (unpaired) electrons. The van der Waals surface area contributed by atoms with Crippen LogP contribution in [0, 0.1) is 16.7 Å². The van der Waals surface area contributed by atoms with Gasteiger partial charge in [0.25, 0.3) is 0 Å². The Morgan fingerprint density at radius 1 is 0.871 bits per heavy atom. The number of aromatic nitrogens is 3. The van der Waals surface area contributed by atoms with Gasteiger partial charge in [0.1, 0.15) is 0 Å². The van der Waals surface area contributed by atoms with Crippen LogP contribution >= 0.6 is 0 Å². The second-order valence-corrected chi connectivity index (χ2v) is 10.6. The zero-order valence-electron chi connectivity index (χ0n) is 18.5. The van der Waals surface area contributed by atoms with E-state index in [9.17, 15) is 0 Å². The minimum absolute atomic E-state index is 0.385. The first-order valence-electron chi connectivity index (χ1n) is 12.1. The van der Waals surface area contributed by atoms with E-state index >= 15 is 0 Å². The molecule has 164 valence electrons. The molecule has 6 rings (SSSR count). The van der Waals surface area contributed by atoms with Gasteiger partial charge in [0.15, 0.2) is 0 Å². The Morgan fingerprint density at radius 3 is 2.48 bits per heavy atom. The monoisotopic (exact) mass is 418 g/mol. The van der Waals surface area contributed by atoms with Crippen molar-refractivity contribution in [3.8, 4) is 0 Å². The fraction of sp³-hybridized carbons (Fsp3) is 0.640. The van der Waals surface area contributed by atoms with E-state index in [4.69, 9.17) is 0 Å². The number of fused-ring (bicyclic) bond motifs is 1. The number of hydrogen-bond donors (Lipinski definition) is 0. The van der Waals surface area contributed by atoms with Crippen LogP contribution in [0.1, 0.15) is 37.7 Å². The van der Waals surface area contributed by atoms with E-state index in [1.807, 2.05) is 30.9 Å². The van der Waals surface area contributed by atoms with Crippen LogP contribution < -0.4 is 4.90 Å². The molecule has 5 heterocycles. The number of rotatable bonds is 5. The molecule has 31 heavy (non-hydrogen) atoms. The number of anilines is 1. The summed E-state index contributed by atoms with van der Waals surface area (Å²) in [6.07, 6.45) is 14.5. The average molecular weight is 419 g/mol. The third-order valence-corrected chi connectivity index (χ3v) is 8.38. The van der Waals surface area contributed by atoms with Crippen molar-refractivity contribution in [2.24, 2.45) is 16.7 Å². The molecule has 1 aliphatic carbocycles. The molecular formula is C25H34N6. The number of likely N-dealkylation sites (tertiary alicyclic amines) is 2. The summed E-state index contributed by atoms with van der Waals surface area (Å²) in [6, 6.07) is 6.19. The molecule has 4 fully saturated rings. The fourth-order valence-electron chi connectivity index (χ4n) is 6.60. The molecule has 1 saturated carbocycles. The molecule has 0 bridgehead atoms. The lowest BCUT2D eigenvalue weighted by Gasteiger charge is -2.57. The van der Waals surface area contributed by atoms with E-state index in [2.05, 4.69) is 41.8 Å². The molecule has 6 heteroatoms. The van der Waals surface area contributed by atoms with Gasteiger partial charge in [-0.25, -0.2) is 9.97 Å². The highest BCUT2D eigenvalue weighted by molar-refractivity contribution is 5.37. The summed E-state index contributed by atoms with van der Waals surface area (Å²) in [5.74, 6) is 1.91.